The number of rotatable bonds is 10. The van der Waals surface area contributed by atoms with E-state index in [0.717, 1.165) is 12.4 Å². The maximum Gasteiger partial charge on any atom is 0.194 e. The Balaban J connectivity index is 2.87. The van der Waals surface area contributed by atoms with Gasteiger partial charge in [0, 0.05) is 0 Å². The summed E-state index contributed by atoms with van der Waals surface area (Å²) in [7, 11) is -0.0150. The van der Waals surface area contributed by atoms with E-state index in [1.54, 1.807) is 7.11 Å². The zero-order valence-corrected chi connectivity index (χ0v) is 17.2. The van der Waals surface area contributed by atoms with Crippen LogP contribution in [0.4, 0.5) is 0 Å². The van der Waals surface area contributed by atoms with Crippen molar-refractivity contribution in [1.29, 1.82) is 0 Å². The minimum atomic E-state index is -1.72. The molecule has 0 unspecified atom stereocenters. The van der Waals surface area contributed by atoms with Crippen LogP contribution >= 0.6 is 0 Å². The minimum Gasteiger partial charge on any atom is -0.497 e. The van der Waals surface area contributed by atoms with E-state index in [1.807, 2.05) is 12.1 Å². The van der Waals surface area contributed by atoms with Gasteiger partial charge in [0.25, 0.3) is 0 Å². The van der Waals surface area contributed by atoms with Crippen molar-refractivity contribution in [3.05, 3.63) is 29.8 Å². The fourth-order valence-corrected chi connectivity index (χ4v) is 9.41. The van der Waals surface area contributed by atoms with Gasteiger partial charge in [0.2, 0.25) is 0 Å². The molecule has 0 aliphatic heterocycles. The average Bonchev–Trinajstić information content (AvgIpc) is 2.43. The van der Waals surface area contributed by atoms with Crippen LogP contribution in [0.5, 0.6) is 5.75 Å². The summed E-state index contributed by atoms with van der Waals surface area (Å²) in [5.74, 6) is 3.02. The van der Waals surface area contributed by atoms with Crippen molar-refractivity contribution in [3.63, 3.8) is 0 Å². The lowest BCUT2D eigenvalue weighted by molar-refractivity contribution is 0.272. The summed E-state index contributed by atoms with van der Waals surface area (Å²) >= 11 is 0. The summed E-state index contributed by atoms with van der Waals surface area (Å²) in [4.78, 5) is 0. The van der Waals surface area contributed by atoms with Gasteiger partial charge in [0.15, 0.2) is 8.32 Å². The van der Waals surface area contributed by atoms with Crippen molar-refractivity contribution in [3.8, 4) is 5.75 Å². The van der Waals surface area contributed by atoms with Crippen molar-refractivity contribution in [2.24, 2.45) is 17.8 Å². The molecule has 0 saturated carbocycles. The fourth-order valence-electron chi connectivity index (χ4n) is 3.62. The van der Waals surface area contributed by atoms with Crippen LogP contribution in [0.15, 0.2) is 24.3 Å². The average molecular weight is 337 g/mol. The SMILES string of the molecule is COc1ccc(CO[Si](CC(C)C)(CC(C)C)CC(C)C)cc1. The van der Waals surface area contributed by atoms with E-state index in [0.29, 0.717) is 17.8 Å². The van der Waals surface area contributed by atoms with Crippen LogP contribution in [0.1, 0.15) is 47.1 Å². The van der Waals surface area contributed by atoms with E-state index in [2.05, 4.69) is 53.7 Å². The van der Waals surface area contributed by atoms with Crippen LogP contribution in [0.25, 0.3) is 0 Å². The number of hydrogen-bond donors (Lipinski definition) is 0. The third-order valence-electron chi connectivity index (χ3n) is 4.04. The molecular weight excluding hydrogens is 300 g/mol. The van der Waals surface area contributed by atoms with Gasteiger partial charge in [-0.1, -0.05) is 53.7 Å². The van der Waals surface area contributed by atoms with E-state index in [4.69, 9.17) is 9.16 Å². The molecule has 0 fully saturated rings. The maximum atomic E-state index is 6.72. The third-order valence-corrected chi connectivity index (χ3v) is 9.48. The largest absolute Gasteiger partial charge is 0.497 e. The van der Waals surface area contributed by atoms with Gasteiger partial charge >= 0.3 is 0 Å². The first-order chi connectivity index (χ1) is 10.8. The molecule has 0 aromatic heterocycles. The number of methoxy groups -OCH3 is 1. The van der Waals surface area contributed by atoms with E-state index < -0.39 is 8.32 Å². The van der Waals surface area contributed by atoms with Gasteiger partial charge in [-0.2, -0.15) is 0 Å². The number of hydrogen-bond acceptors (Lipinski definition) is 2. The van der Waals surface area contributed by atoms with E-state index in [9.17, 15) is 0 Å². The smallest absolute Gasteiger partial charge is 0.194 e. The van der Waals surface area contributed by atoms with Crippen molar-refractivity contribution in [2.75, 3.05) is 7.11 Å². The van der Waals surface area contributed by atoms with Crippen molar-refractivity contribution in [1.82, 2.24) is 0 Å². The predicted molar refractivity (Wildman–Crippen MR) is 102 cm³/mol. The van der Waals surface area contributed by atoms with Crippen LogP contribution in [0, 0.1) is 17.8 Å². The van der Waals surface area contributed by atoms with Crippen molar-refractivity contribution in [2.45, 2.75) is 66.3 Å². The summed E-state index contributed by atoms with van der Waals surface area (Å²) in [5.41, 5.74) is 1.25. The minimum absolute atomic E-state index is 0.704. The first kappa shape index (κ1) is 20.2. The molecule has 0 spiro atoms. The Bertz CT molecular complexity index is 411. The molecule has 3 heteroatoms. The Morgan fingerprint density at radius 3 is 1.57 bits per heavy atom. The molecule has 0 radical (unpaired) electrons. The van der Waals surface area contributed by atoms with Gasteiger partial charge in [-0.3, -0.25) is 0 Å². The lowest BCUT2D eigenvalue weighted by Crippen LogP contribution is -2.42. The van der Waals surface area contributed by atoms with E-state index in [-0.39, 0.29) is 0 Å². The molecule has 1 rings (SSSR count). The Kier molecular flexibility index (Phi) is 8.35. The van der Waals surface area contributed by atoms with Crippen LogP contribution in [0.2, 0.25) is 18.1 Å². The Labute approximate surface area is 144 Å². The van der Waals surface area contributed by atoms with Crippen LogP contribution in [0.3, 0.4) is 0 Å². The summed E-state index contributed by atoms with van der Waals surface area (Å²) < 4.78 is 12.0. The Hall–Kier alpha value is -0.803. The highest BCUT2D eigenvalue weighted by atomic mass is 28.4. The lowest BCUT2D eigenvalue weighted by Gasteiger charge is -2.36. The highest BCUT2D eigenvalue weighted by molar-refractivity contribution is 6.74. The Morgan fingerprint density at radius 2 is 1.22 bits per heavy atom. The van der Waals surface area contributed by atoms with Crippen LogP contribution in [-0.4, -0.2) is 15.4 Å². The Morgan fingerprint density at radius 1 is 0.783 bits per heavy atom. The maximum absolute atomic E-state index is 6.72. The lowest BCUT2D eigenvalue weighted by atomic mass is 10.2. The fraction of sp³-hybridized carbons (Fsp3) is 0.700. The quantitative estimate of drug-likeness (QED) is 0.479. The molecule has 0 atom stereocenters. The van der Waals surface area contributed by atoms with Gasteiger partial charge in [-0.25, -0.2) is 0 Å². The van der Waals surface area contributed by atoms with E-state index >= 15 is 0 Å². The zero-order valence-electron chi connectivity index (χ0n) is 16.2. The standard InChI is InChI=1S/C20H36O2Si/c1-16(2)13-23(14-17(3)4,15-18(5)6)22-12-19-8-10-20(21-7)11-9-19/h8-11,16-18H,12-15H2,1-7H3. The summed E-state index contributed by atoms with van der Waals surface area (Å²) in [6.07, 6.45) is 0. The normalized spacial score (nSPS) is 12.4. The van der Waals surface area contributed by atoms with Gasteiger partial charge in [0.1, 0.15) is 5.75 Å². The van der Waals surface area contributed by atoms with E-state index in [1.165, 1.54) is 23.7 Å². The molecule has 0 amide bonds. The molecule has 0 N–H and O–H groups in total. The molecule has 23 heavy (non-hydrogen) atoms. The van der Waals surface area contributed by atoms with Gasteiger partial charge < -0.3 is 9.16 Å². The molecule has 132 valence electrons. The zero-order chi connectivity index (χ0) is 17.5. The second-order valence-corrected chi connectivity index (χ2v) is 12.0. The van der Waals surface area contributed by atoms with Crippen molar-refractivity contribution >= 4 is 8.32 Å². The molecule has 0 aliphatic carbocycles. The molecule has 2 nitrogen and oxygen atoms in total. The van der Waals surface area contributed by atoms with Gasteiger partial charge in [-0.15, -0.1) is 0 Å². The molecule has 1 aromatic carbocycles. The predicted octanol–water partition coefficient (Wildman–Crippen LogP) is 6.13. The third kappa shape index (κ3) is 7.54. The monoisotopic (exact) mass is 336 g/mol. The first-order valence-corrected chi connectivity index (χ1v) is 11.6. The molecule has 0 aliphatic rings. The summed E-state index contributed by atoms with van der Waals surface area (Å²) in [6.45, 7) is 14.7. The first-order valence-electron chi connectivity index (χ1n) is 9.03. The highest BCUT2D eigenvalue weighted by Gasteiger charge is 2.37. The molecular formula is C20H36O2Si. The molecule has 1 aromatic rings. The van der Waals surface area contributed by atoms with Crippen molar-refractivity contribution < 1.29 is 9.16 Å². The summed E-state index contributed by atoms with van der Waals surface area (Å²) in [6, 6.07) is 12.1. The van der Waals surface area contributed by atoms with Gasteiger partial charge in [0.05, 0.1) is 13.7 Å². The van der Waals surface area contributed by atoms with Gasteiger partial charge in [-0.05, 0) is 53.6 Å². The number of benzene rings is 1. The number of ether oxygens (including phenoxy) is 1. The molecule has 0 bridgehead atoms. The van der Waals surface area contributed by atoms with Crippen LogP contribution < -0.4 is 4.74 Å². The second-order valence-electron chi connectivity index (χ2n) is 8.11. The van der Waals surface area contributed by atoms with Crippen LogP contribution in [-0.2, 0) is 11.0 Å². The molecule has 0 saturated heterocycles. The topological polar surface area (TPSA) is 18.5 Å². The second kappa shape index (κ2) is 9.48. The summed E-state index contributed by atoms with van der Waals surface area (Å²) in [5, 5.41) is 0. The molecule has 0 heterocycles. The highest BCUT2D eigenvalue weighted by Crippen LogP contribution is 2.34.